The Labute approximate surface area is 223 Å². The molecule has 0 atom stereocenters. The normalized spacial score (nSPS) is 17.8. The van der Waals surface area contributed by atoms with Crippen LogP contribution in [-0.2, 0) is 6.54 Å². The molecule has 1 aromatic heterocycles. The largest absolute Gasteiger partial charge is 0.489 e. The molecule has 0 spiro atoms. The molecule has 0 bridgehead atoms. The van der Waals surface area contributed by atoms with Crippen molar-refractivity contribution in [2.24, 2.45) is 0 Å². The van der Waals surface area contributed by atoms with Gasteiger partial charge in [-0.05, 0) is 90.6 Å². The molecule has 0 radical (unpaired) electrons. The first-order chi connectivity index (χ1) is 17.5. The summed E-state index contributed by atoms with van der Waals surface area (Å²) in [5, 5.41) is 7.36. The summed E-state index contributed by atoms with van der Waals surface area (Å²) in [7, 11) is 0. The van der Waals surface area contributed by atoms with E-state index in [-0.39, 0.29) is 17.7 Å². The summed E-state index contributed by atoms with van der Waals surface area (Å²) in [5.41, 5.74) is 0.912. The summed E-state index contributed by atoms with van der Waals surface area (Å²) in [6.07, 6.45) is 3.94. The molecule has 2 aliphatic heterocycles. The number of rotatable bonds is 6. The van der Waals surface area contributed by atoms with Gasteiger partial charge in [0.2, 0.25) is 0 Å². The van der Waals surface area contributed by atoms with Crippen LogP contribution in [0.15, 0.2) is 56.1 Å². The van der Waals surface area contributed by atoms with Gasteiger partial charge in [-0.15, -0.1) is 0 Å². The van der Waals surface area contributed by atoms with Crippen molar-refractivity contribution in [1.29, 1.82) is 0 Å². The molecule has 5 rings (SSSR count). The van der Waals surface area contributed by atoms with E-state index in [1.165, 1.54) is 11.6 Å². The highest BCUT2D eigenvalue weighted by molar-refractivity contribution is 9.10. The summed E-state index contributed by atoms with van der Waals surface area (Å²) >= 11 is 9.89. The molecular formula is C27H29BrClN3O4. The van der Waals surface area contributed by atoms with Crippen molar-refractivity contribution >= 4 is 44.4 Å². The van der Waals surface area contributed by atoms with E-state index in [9.17, 15) is 9.59 Å². The van der Waals surface area contributed by atoms with Crippen molar-refractivity contribution in [3.05, 3.63) is 73.5 Å². The maximum atomic E-state index is 12.8. The Bertz CT molecular complexity index is 1300. The minimum atomic E-state index is -0.655. The Balaban J connectivity index is 1.14. The minimum Gasteiger partial charge on any atom is -0.489 e. The molecule has 2 aliphatic rings. The second-order valence-electron chi connectivity index (χ2n) is 9.46. The van der Waals surface area contributed by atoms with Crippen LogP contribution >= 0.6 is 27.5 Å². The van der Waals surface area contributed by atoms with Gasteiger partial charge in [-0.2, -0.15) is 0 Å². The third-order valence-corrected chi connectivity index (χ3v) is 7.82. The molecule has 190 valence electrons. The molecule has 7 nitrogen and oxygen atoms in total. The Hall–Kier alpha value is -2.39. The summed E-state index contributed by atoms with van der Waals surface area (Å²) in [5.74, 6) is 0.476. The standard InChI is InChI=1S/C27H29BrClN3O4/c28-22-14-17(4-5-25(22)35-19-6-10-30-11-7-19)16-32-12-8-18(9-13-32)31-26(33)21-15-20-23(29)2-1-3-24(20)36-27(21)34/h1-5,14-15,18-19,30H,6-13,16H2,(H,31,33). The number of piperidine rings is 2. The van der Waals surface area contributed by atoms with Gasteiger partial charge in [-0.3, -0.25) is 9.69 Å². The van der Waals surface area contributed by atoms with Crippen LogP contribution < -0.4 is 21.0 Å². The molecule has 9 heteroatoms. The second kappa shape index (κ2) is 11.3. The number of carbonyl (C=O) groups excluding carboxylic acids is 1. The van der Waals surface area contributed by atoms with Crippen LogP contribution in [0.2, 0.25) is 5.02 Å². The van der Waals surface area contributed by atoms with Crippen LogP contribution in [-0.4, -0.2) is 49.1 Å². The first kappa shape index (κ1) is 25.3. The number of hydrogen-bond acceptors (Lipinski definition) is 6. The van der Waals surface area contributed by atoms with E-state index in [0.29, 0.717) is 16.0 Å². The van der Waals surface area contributed by atoms with Gasteiger partial charge in [0.25, 0.3) is 5.91 Å². The fourth-order valence-electron chi connectivity index (χ4n) is 4.85. The molecule has 0 unspecified atom stereocenters. The van der Waals surface area contributed by atoms with E-state index in [2.05, 4.69) is 49.7 Å². The first-order valence-electron chi connectivity index (χ1n) is 12.4. The maximum Gasteiger partial charge on any atom is 0.349 e. The lowest BCUT2D eigenvalue weighted by molar-refractivity contribution is 0.0905. The highest BCUT2D eigenvalue weighted by Gasteiger charge is 2.24. The van der Waals surface area contributed by atoms with Gasteiger partial charge in [0.15, 0.2) is 0 Å². The number of nitrogens with zero attached hydrogens (tertiary/aromatic N) is 1. The molecule has 2 N–H and O–H groups in total. The number of benzene rings is 2. The summed E-state index contributed by atoms with van der Waals surface area (Å²) in [6, 6.07) is 12.9. The smallest absolute Gasteiger partial charge is 0.349 e. The Morgan fingerprint density at radius 2 is 1.92 bits per heavy atom. The van der Waals surface area contributed by atoms with Gasteiger partial charge in [-0.1, -0.05) is 23.7 Å². The average Bonchev–Trinajstić information content (AvgIpc) is 2.87. The van der Waals surface area contributed by atoms with Crippen molar-refractivity contribution < 1.29 is 13.9 Å². The molecule has 0 saturated carbocycles. The van der Waals surface area contributed by atoms with E-state index in [4.69, 9.17) is 20.8 Å². The number of likely N-dealkylation sites (tertiary alicyclic amines) is 1. The number of nitrogens with one attached hydrogen (secondary N) is 2. The van der Waals surface area contributed by atoms with Crippen LogP contribution in [0.25, 0.3) is 11.0 Å². The van der Waals surface area contributed by atoms with Crippen molar-refractivity contribution in [2.75, 3.05) is 26.2 Å². The van der Waals surface area contributed by atoms with Crippen LogP contribution in [0.5, 0.6) is 5.75 Å². The molecule has 2 saturated heterocycles. The fraction of sp³-hybridized carbons (Fsp3) is 0.407. The van der Waals surface area contributed by atoms with Crippen molar-refractivity contribution in [3.63, 3.8) is 0 Å². The van der Waals surface area contributed by atoms with Gasteiger partial charge < -0.3 is 19.8 Å². The third-order valence-electron chi connectivity index (χ3n) is 6.87. The zero-order chi connectivity index (χ0) is 25.1. The van der Waals surface area contributed by atoms with Crippen molar-refractivity contribution in [3.8, 4) is 5.75 Å². The molecule has 0 aliphatic carbocycles. The fourth-order valence-corrected chi connectivity index (χ4v) is 5.59. The number of halogens is 2. The highest BCUT2D eigenvalue weighted by atomic mass is 79.9. The molecule has 36 heavy (non-hydrogen) atoms. The van der Waals surface area contributed by atoms with Gasteiger partial charge in [-0.25, -0.2) is 4.79 Å². The van der Waals surface area contributed by atoms with Crippen LogP contribution in [0, 0.1) is 0 Å². The van der Waals surface area contributed by atoms with Gasteiger partial charge in [0.05, 0.1) is 9.50 Å². The first-order valence-corrected chi connectivity index (χ1v) is 13.5. The van der Waals surface area contributed by atoms with E-state index >= 15 is 0 Å². The lowest BCUT2D eigenvalue weighted by Crippen LogP contribution is -2.45. The zero-order valence-electron chi connectivity index (χ0n) is 19.9. The quantitative estimate of drug-likeness (QED) is 0.414. The Morgan fingerprint density at radius 3 is 2.67 bits per heavy atom. The van der Waals surface area contributed by atoms with Gasteiger partial charge in [0.1, 0.15) is 23.0 Å². The molecule has 2 aromatic carbocycles. The molecule has 2 fully saturated rings. The maximum absolute atomic E-state index is 12.8. The number of ether oxygens (including phenoxy) is 1. The number of carbonyl (C=O) groups is 1. The second-order valence-corrected chi connectivity index (χ2v) is 10.7. The van der Waals surface area contributed by atoms with Gasteiger partial charge in [0, 0.05) is 31.1 Å². The topological polar surface area (TPSA) is 83.8 Å². The number of amides is 1. The summed E-state index contributed by atoms with van der Waals surface area (Å²) in [4.78, 5) is 27.6. The Kier molecular flexibility index (Phi) is 7.96. The van der Waals surface area contributed by atoms with Crippen LogP contribution in [0.4, 0.5) is 0 Å². The third kappa shape index (κ3) is 5.94. The zero-order valence-corrected chi connectivity index (χ0v) is 22.2. The van der Waals surface area contributed by atoms with E-state index in [1.807, 2.05) is 0 Å². The summed E-state index contributed by atoms with van der Waals surface area (Å²) < 4.78 is 12.5. The molecule has 3 heterocycles. The van der Waals surface area contributed by atoms with E-state index < -0.39 is 11.5 Å². The predicted molar refractivity (Wildman–Crippen MR) is 144 cm³/mol. The van der Waals surface area contributed by atoms with Crippen LogP contribution in [0.3, 0.4) is 0 Å². The minimum absolute atomic E-state index is 0.00240. The predicted octanol–water partition coefficient (Wildman–Crippen LogP) is 4.73. The lowest BCUT2D eigenvalue weighted by atomic mass is 10.0. The molecule has 3 aromatic rings. The molecule has 1 amide bonds. The number of fused-ring (bicyclic) bond motifs is 1. The molecular weight excluding hydrogens is 546 g/mol. The van der Waals surface area contributed by atoms with Crippen molar-refractivity contribution in [1.82, 2.24) is 15.5 Å². The van der Waals surface area contributed by atoms with Crippen molar-refractivity contribution in [2.45, 2.75) is 44.4 Å². The number of hydrogen-bond donors (Lipinski definition) is 2. The monoisotopic (exact) mass is 573 g/mol. The van der Waals surface area contributed by atoms with Crippen LogP contribution in [0.1, 0.15) is 41.6 Å². The average molecular weight is 575 g/mol. The SMILES string of the molecule is O=C(NC1CCN(Cc2ccc(OC3CCNCC3)c(Br)c2)CC1)c1cc2c(Cl)cccc2oc1=O. The summed E-state index contributed by atoms with van der Waals surface area (Å²) in [6.45, 7) is 4.54. The van der Waals surface area contributed by atoms with Gasteiger partial charge >= 0.3 is 5.63 Å². The highest BCUT2D eigenvalue weighted by Crippen LogP contribution is 2.29. The van der Waals surface area contributed by atoms with E-state index in [0.717, 1.165) is 68.6 Å². The van der Waals surface area contributed by atoms with E-state index in [1.54, 1.807) is 18.2 Å². The lowest BCUT2D eigenvalue weighted by Gasteiger charge is -2.32. The Morgan fingerprint density at radius 1 is 1.14 bits per heavy atom.